The van der Waals surface area contributed by atoms with Gasteiger partial charge in [-0.25, -0.2) is 0 Å². The van der Waals surface area contributed by atoms with Gasteiger partial charge < -0.3 is 0 Å². The van der Waals surface area contributed by atoms with Gasteiger partial charge in [0.25, 0.3) is 0 Å². The number of rotatable bonds is 1. The molecule has 1 aliphatic carbocycles. The molecular weight excluding hydrogens is 386 g/mol. The molecule has 1 aliphatic rings. The summed E-state index contributed by atoms with van der Waals surface area (Å²) in [6, 6.07) is 9.23. The molecule has 0 aliphatic heterocycles. The Balaban J connectivity index is 2.00. The van der Waals surface area contributed by atoms with Gasteiger partial charge in [0, 0.05) is 16.7 Å². The molecule has 3 aromatic rings. The van der Waals surface area contributed by atoms with Crippen LogP contribution in [0, 0.1) is 0 Å². The van der Waals surface area contributed by atoms with E-state index in [2.05, 4.69) is 10.2 Å². The number of ketones is 1. The monoisotopic (exact) mass is 394 g/mol. The van der Waals surface area contributed by atoms with E-state index in [9.17, 15) is 31.1 Å². The van der Waals surface area contributed by atoms with Gasteiger partial charge in [0.15, 0.2) is 11.5 Å². The maximum Gasteiger partial charge on any atom is 0.435 e. The number of hydrogen-bond acceptors (Lipinski definition) is 3. The van der Waals surface area contributed by atoms with Crippen molar-refractivity contribution in [1.29, 1.82) is 0 Å². The summed E-state index contributed by atoms with van der Waals surface area (Å²) in [5.74, 6) is -0.680. The highest BCUT2D eigenvalue weighted by Crippen LogP contribution is 2.45. The number of carbonyl (C=O) groups excluding carboxylic acids is 1. The fourth-order valence-corrected chi connectivity index (χ4v) is 3.17. The van der Waals surface area contributed by atoms with Gasteiger partial charge in [-0.2, -0.15) is 26.3 Å². The van der Waals surface area contributed by atoms with Crippen LogP contribution in [0.5, 0.6) is 0 Å². The molecule has 0 saturated heterocycles. The van der Waals surface area contributed by atoms with E-state index in [0.29, 0.717) is 17.7 Å². The van der Waals surface area contributed by atoms with Crippen molar-refractivity contribution in [3.8, 4) is 22.4 Å². The van der Waals surface area contributed by atoms with Crippen LogP contribution in [0.3, 0.4) is 0 Å². The number of fused-ring (bicyclic) bond motifs is 3. The van der Waals surface area contributed by atoms with Gasteiger partial charge in [-0.15, -0.1) is 10.2 Å². The van der Waals surface area contributed by atoms with Gasteiger partial charge >= 0.3 is 12.4 Å². The molecule has 0 fully saturated rings. The molecule has 0 N–H and O–H groups in total. The van der Waals surface area contributed by atoms with Crippen molar-refractivity contribution in [3.05, 3.63) is 70.9 Å². The highest BCUT2D eigenvalue weighted by Gasteiger charge is 2.42. The fraction of sp³-hybridized carbons (Fsp3) is 0.105. The van der Waals surface area contributed by atoms with Gasteiger partial charge in [0.05, 0.1) is 11.1 Å². The summed E-state index contributed by atoms with van der Waals surface area (Å²) in [6.45, 7) is 0. The number of alkyl halides is 6. The van der Waals surface area contributed by atoms with Gasteiger partial charge in [-0.1, -0.05) is 36.4 Å². The third-order valence-electron chi connectivity index (χ3n) is 4.40. The molecule has 9 heteroatoms. The third kappa shape index (κ3) is 2.74. The molecular formula is C19H8F6N2O. The first-order valence-corrected chi connectivity index (χ1v) is 7.88. The van der Waals surface area contributed by atoms with Crippen LogP contribution in [0.2, 0.25) is 0 Å². The Morgan fingerprint density at radius 3 is 1.86 bits per heavy atom. The smallest absolute Gasteiger partial charge is 0.288 e. The van der Waals surface area contributed by atoms with Crippen LogP contribution in [-0.2, 0) is 12.4 Å². The zero-order valence-corrected chi connectivity index (χ0v) is 13.7. The molecule has 0 radical (unpaired) electrons. The Kier molecular flexibility index (Phi) is 3.81. The minimum absolute atomic E-state index is 0.0245. The number of carbonyl (C=O) groups is 1. The lowest BCUT2D eigenvalue weighted by Gasteiger charge is -2.15. The summed E-state index contributed by atoms with van der Waals surface area (Å²) in [5, 5.41) is 6.84. The van der Waals surface area contributed by atoms with Gasteiger partial charge in [0.2, 0.25) is 0 Å². The van der Waals surface area contributed by atoms with E-state index in [1.54, 1.807) is 12.1 Å². The molecule has 0 spiro atoms. The van der Waals surface area contributed by atoms with Crippen LogP contribution in [0.25, 0.3) is 22.4 Å². The zero-order valence-electron chi connectivity index (χ0n) is 13.7. The minimum Gasteiger partial charge on any atom is -0.288 e. The Labute approximate surface area is 153 Å². The number of aromatic nitrogens is 2. The first-order chi connectivity index (χ1) is 13.1. The third-order valence-corrected chi connectivity index (χ3v) is 4.40. The van der Waals surface area contributed by atoms with Crippen LogP contribution < -0.4 is 0 Å². The topological polar surface area (TPSA) is 42.9 Å². The Morgan fingerprint density at radius 1 is 0.679 bits per heavy atom. The molecule has 4 rings (SSSR count). The molecule has 0 atom stereocenters. The molecule has 3 nitrogen and oxygen atoms in total. The van der Waals surface area contributed by atoms with E-state index >= 15 is 0 Å². The quantitative estimate of drug-likeness (QED) is 0.407. The molecule has 0 saturated carbocycles. The van der Waals surface area contributed by atoms with Crippen LogP contribution in [0.1, 0.15) is 27.2 Å². The van der Waals surface area contributed by atoms with Crippen molar-refractivity contribution < 1.29 is 31.1 Å². The molecule has 2 aromatic carbocycles. The number of nitrogens with zero attached hydrogens (tertiary/aromatic N) is 2. The zero-order chi connectivity index (χ0) is 20.3. The van der Waals surface area contributed by atoms with Crippen LogP contribution in [-0.4, -0.2) is 16.0 Å². The van der Waals surface area contributed by atoms with Gasteiger partial charge in [0.1, 0.15) is 5.69 Å². The average molecular weight is 394 g/mol. The summed E-state index contributed by atoms with van der Waals surface area (Å²) in [4.78, 5) is 12.8. The van der Waals surface area contributed by atoms with Crippen molar-refractivity contribution >= 4 is 5.78 Å². The van der Waals surface area contributed by atoms with Crippen LogP contribution in [0.15, 0.2) is 48.5 Å². The van der Waals surface area contributed by atoms with E-state index in [-0.39, 0.29) is 22.4 Å². The van der Waals surface area contributed by atoms with Crippen molar-refractivity contribution in [2.75, 3.05) is 0 Å². The summed E-state index contributed by atoms with van der Waals surface area (Å²) in [5.41, 5.74) is -3.06. The minimum atomic E-state index is -4.95. The molecule has 0 bridgehead atoms. The summed E-state index contributed by atoms with van der Waals surface area (Å²) >= 11 is 0. The molecule has 1 heterocycles. The maximum atomic E-state index is 13.5. The summed E-state index contributed by atoms with van der Waals surface area (Å²) in [6.07, 6.45) is -9.59. The molecule has 28 heavy (non-hydrogen) atoms. The number of hydrogen-bond donors (Lipinski definition) is 0. The maximum absolute atomic E-state index is 13.5. The van der Waals surface area contributed by atoms with E-state index in [1.807, 2.05) is 0 Å². The van der Waals surface area contributed by atoms with Gasteiger partial charge in [-0.3, -0.25) is 4.79 Å². The lowest BCUT2D eigenvalue weighted by Crippen LogP contribution is -2.15. The van der Waals surface area contributed by atoms with E-state index in [0.717, 1.165) is 12.1 Å². The Hall–Kier alpha value is -3.23. The van der Waals surface area contributed by atoms with Gasteiger partial charge in [-0.05, 0) is 17.7 Å². The molecule has 142 valence electrons. The fourth-order valence-electron chi connectivity index (χ4n) is 3.17. The number of halogens is 6. The predicted octanol–water partition coefficient (Wildman–Crippen LogP) is 5.39. The lowest BCUT2D eigenvalue weighted by atomic mass is 9.95. The largest absolute Gasteiger partial charge is 0.435 e. The van der Waals surface area contributed by atoms with E-state index in [4.69, 9.17) is 0 Å². The second-order valence-electron chi connectivity index (χ2n) is 6.09. The Morgan fingerprint density at radius 2 is 1.29 bits per heavy atom. The highest BCUT2D eigenvalue weighted by molar-refractivity contribution is 6.24. The SMILES string of the molecule is O=C1c2ccccc2-c2nnc(C(F)(F)F)c(-c3ccc(C(F)(F)F)cc3)c21. The molecule has 0 unspecified atom stereocenters. The standard InChI is InChI=1S/C19H8F6N2O/c20-18(21,22)10-7-5-9(6-8-10)13-14-15(26-27-17(13)19(23,24)25)11-3-1-2-4-12(11)16(14)28/h1-8H. The Bertz CT molecular complexity index is 1100. The summed E-state index contributed by atoms with van der Waals surface area (Å²) in [7, 11) is 0. The van der Waals surface area contributed by atoms with Crippen molar-refractivity contribution in [1.82, 2.24) is 10.2 Å². The van der Waals surface area contributed by atoms with Crippen molar-refractivity contribution in [3.63, 3.8) is 0 Å². The van der Waals surface area contributed by atoms with Crippen molar-refractivity contribution in [2.24, 2.45) is 0 Å². The first-order valence-electron chi connectivity index (χ1n) is 7.88. The average Bonchev–Trinajstić information content (AvgIpc) is 2.93. The molecule has 1 aromatic heterocycles. The first kappa shape index (κ1) is 18.1. The van der Waals surface area contributed by atoms with Crippen molar-refractivity contribution in [2.45, 2.75) is 12.4 Å². The van der Waals surface area contributed by atoms with Crippen LogP contribution in [0.4, 0.5) is 26.3 Å². The van der Waals surface area contributed by atoms with E-state index < -0.39 is 35.0 Å². The normalized spacial score (nSPS) is 13.4. The van der Waals surface area contributed by atoms with E-state index in [1.165, 1.54) is 12.1 Å². The highest BCUT2D eigenvalue weighted by atomic mass is 19.4. The second kappa shape index (κ2) is 5.88. The second-order valence-corrected chi connectivity index (χ2v) is 6.09. The summed E-state index contributed by atoms with van der Waals surface area (Å²) < 4.78 is 79.0. The number of benzene rings is 2. The lowest BCUT2D eigenvalue weighted by molar-refractivity contribution is -0.141. The van der Waals surface area contributed by atoms with Crippen LogP contribution >= 0.6 is 0 Å². The molecule has 0 amide bonds. The predicted molar refractivity (Wildman–Crippen MR) is 86.3 cm³/mol.